The second kappa shape index (κ2) is 5.67. The van der Waals surface area contributed by atoms with E-state index in [2.05, 4.69) is 20.6 Å². The van der Waals surface area contributed by atoms with Gasteiger partial charge in [0.1, 0.15) is 5.82 Å². The number of nitrogens with zero attached hydrogens (tertiary/aromatic N) is 3. The highest BCUT2D eigenvalue weighted by molar-refractivity contribution is 6.33. The van der Waals surface area contributed by atoms with Gasteiger partial charge in [0.15, 0.2) is 11.3 Å². The van der Waals surface area contributed by atoms with Crippen molar-refractivity contribution in [1.82, 2.24) is 19.8 Å². The Hall–Kier alpha value is -3.26. The molecule has 0 aliphatic heterocycles. The summed E-state index contributed by atoms with van der Waals surface area (Å²) in [7, 11) is 0. The monoisotopic (exact) mass is 357 g/mol. The van der Waals surface area contributed by atoms with Crippen molar-refractivity contribution in [3.8, 4) is 0 Å². The first kappa shape index (κ1) is 15.3. The lowest BCUT2D eigenvalue weighted by Gasteiger charge is -2.05. The van der Waals surface area contributed by atoms with Crippen LogP contribution in [-0.2, 0) is 0 Å². The van der Waals surface area contributed by atoms with Crippen molar-refractivity contribution < 1.29 is 9.18 Å². The van der Waals surface area contributed by atoms with Crippen molar-refractivity contribution in [2.45, 2.75) is 0 Å². The summed E-state index contributed by atoms with van der Waals surface area (Å²) < 4.78 is 14.7. The smallest absolute Gasteiger partial charge is 0.281 e. The molecule has 9 heteroatoms. The van der Waals surface area contributed by atoms with Crippen LogP contribution in [0.5, 0.6) is 0 Å². The molecule has 2 aromatic carbocycles. The summed E-state index contributed by atoms with van der Waals surface area (Å²) in [5.41, 5.74) is 0.0702. The van der Waals surface area contributed by atoms with Gasteiger partial charge in [0.05, 0.1) is 21.6 Å². The summed E-state index contributed by atoms with van der Waals surface area (Å²) >= 11 is 6.02. The molecular formula is C16H9ClFN5O2. The molecule has 25 heavy (non-hydrogen) atoms. The molecule has 4 rings (SSSR count). The Kier molecular flexibility index (Phi) is 3.47. The quantitative estimate of drug-likeness (QED) is 0.577. The van der Waals surface area contributed by atoms with E-state index in [1.807, 2.05) is 0 Å². The van der Waals surface area contributed by atoms with Gasteiger partial charge in [0.25, 0.3) is 11.5 Å². The van der Waals surface area contributed by atoms with E-state index < -0.39 is 17.3 Å². The average molecular weight is 358 g/mol. The first-order valence-electron chi connectivity index (χ1n) is 7.17. The fraction of sp³-hybridized carbons (Fsp3) is 0. The highest BCUT2D eigenvalue weighted by Gasteiger charge is 2.19. The molecule has 0 radical (unpaired) electrons. The highest BCUT2D eigenvalue weighted by atomic mass is 35.5. The number of carbonyl (C=O) groups is 1. The standard InChI is InChI=1S/C16H9ClFN5O2/c17-10-3-1-2-4-11(10)19-16(25)13-14-20-15(24)9-7-8(18)5-6-12(9)23(14)22-21-13/h1-7,22H,(H,19,25). The number of fused-ring (bicyclic) bond motifs is 3. The molecule has 2 heterocycles. The van der Waals surface area contributed by atoms with Crippen molar-refractivity contribution in [2.75, 3.05) is 5.32 Å². The van der Waals surface area contributed by atoms with Gasteiger partial charge in [-0.3, -0.25) is 9.59 Å². The maximum atomic E-state index is 13.4. The van der Waals surface area contributed by atoms with Gasteiger partial charge in [0, 0.05) is 0 Å². The molecule has 0 aliphatic rings. The van der Waals surface area contributed by atoms with Crippen molar-refractivity contribution >= 4 is 39.7 Å². The zero-order valence-corrected chi connectivity index (χ0v) is 13.2. The number of aromatic amines is 1. The Balaban J connectivity index is 1.85. The minimum atomic E-state index is -0.650. The van der Waals surface area contributed by atoms with Gasteiger partial charge < -0.3 is 5.32 Å². The van der Waals surface area contributed by atoms with E-state index in [-0.39, 0.29) is 16.7 Å². The molecule has 0 atom stereocenters. The zero-order chi connectivity index (χ0) is 17.6. The number of aromatic nitrogens is 4. The molecule has 0 saturated heterocycles. The summed E-state index contributed by atoms with van der Waals surface area (Å²) in [6.07, 6.45) is 0. The number of anilines is 1. The lowest BCUT2D eigenvalue weighted by molar-refractivity contribution is 0.102. The minimum Gasteiger partial charge on any atom is -0.319 e. The highest BCUT2D eigenvalue weighted by Crippen LogP contribution is 2.21. The number of para-hydroxylation sites is 1. The van der Waals surface area contributed by atoms with Crippen LogP contribution in [-0.4, -0.2) is 25.7 Å². The Morgan fingerprint density at radius 3 is 2.84 bits per heavy atom. The zero-order valence-electron chi connectivity index (χ0n) is 12.5. The van der Waals surface area contributed by atoms with E-state index in [4.69, 9.17) is 11.6 Å². The molecule has 124 valence electrons. The number of carbonyl (C=O) groups excluding carboxylic acids is 1. The van der Waals surface area contributed by atoms with Crippen LogP contribution in [0.15, 0.2) is 47.3 Å². The molecule has 2 aromatic heterocycles. The van der Waals surface area contributed by atoms with Gasteiger partial charge in [-0.15, -0.1) is 5.10 Å². The third kappa shape index (κ3) is 2.52. The molecule has 0 saturated carbocycles. The summed E-state index contributed by atoms with van der Waals surface area (Å²) in [6.45, 7) is 0. The fourth-order valence-electron chi connectivity index (χ4n) is 2.50. The summed E-state index contributed by atoms with van der Waals surface area (Å²) in [4.78, 5) is 28.5. The van der Waals surface area contributed by atoms with Crippen LogP contribution in [0.25, 0.3) is 16.6 Å². The van der Waals surface area contributed by atoms with Crippen LogP contribution in [0.3, 0.4) is 0 Å². The van der Waals surface area contributed by atoms with Gasteiger partial charge >= 0.3 is 0 Å². The van der Waals surface area contributed by atoms with Gasteiger partial charge in [0.2, 0.25) is 0 Å². The molecule has 2 N–H and O–H groups in total. The van der Waals surface area contributed by atoms with E-state index >= 15 is 0 Å². The summed E-state index contributed by atoms with van der Waals surface area (Å²) in [6, 6.07) is 10.4. The number of hydrogen-bond donors (Lipinski definition) is 2. The normalized spacial score (nSPS) is 11.1. The van der Waals surface area contributed by atoms with E-state index in [0.29, 0.717) is 16.2 Å². The largest absolute Gasteiger partial charge is 0.319 e. The van der Waals surface area contributed by atoms with Crippen LogP contribution < -0.4 is 10.9 Å². The number of hydrogen-bond acceptors (Lipinski definition) is 4. The van der Waals surface area contributed by atoms with Crippen molar-refractivity contribution in [3.05, 3.63) is 69.4 Å². The van der Waals surface area contributed by atoms with Gasteiger partial charge in [-0.05, 0) is 30.3 Å². The molecular weight excluding hydrogens is 349 g/mol. The molecule has 0 aliphatic carbocycles. The van der Waals surface area contributed by atoms with Crippen molar-refractivity contribution in [1.29, 1.82) is 0 Å². The number of amides is 1. The number of halogens is 2. The molecule has 7 nitrogen and oxygen atoms in total. The van der Waals surface area contributed by atoms with Gasteiger partial charge in [-0.25, -0.2) is 14.1 Å². The third-order valence-electron chi connectivity index (χ3n) is 3.66. The van der Waals surface area contributed by atoms with E-state index in [1.165, 1.54) is 16.6 Å². The maximum Gasteiger partial charge on any atom is 0.281 e. The topological polar surface area (TPSA) is 92.2 Å². The molecule has 0 spiro atoms. The molecule has 1 amide bonds. The number of H-pyrrole nitrogens is 1. The number of benzene rings is 2. The Bertz CT molecular complexity index is 1200. The predicted molar refractivity (Wildman–Crippen MR) is 90.5 cm³/mol. The molecule has 0 fully saturated rings. The summed E-state index contributed by atoms with van der Waals surface area (Å²) in [5, 5.41) is 9.59. The SMILES string of the molecule is O=C(Nc1ccccc1Cl)c1n[nH]n2c1nc(=O)c1cc(F)ccc12. The number of nitrogens with one attached hydrogen (secondary N) is 2. The lowest BCUT2D eigenvalue weighted by Crippen LogP contribution is -2.16. The Morgan fingerprint density at radius 2 is 2.04 bits per heavy atom. The van der Waals surface area contributed by atoms with Crippen molar-refractivity contribution in [2.24, 2.45) is 0 Å². The van der Waals surface area contributed by atoms with E-state index in [9.17, 15) is 14.0 Å². The van der Waals surface area contributed by atoms with Crippen LogP contribution in [0.1, 0.15) is 10.5 Å². The second-order valence-electron chi connectivity index (χ2n) is 5.23. The molecule has 4 aromatic rings. The lowest BCUT2D eigenvalue weighted by atomic mass is 10.2. The minimum absolute atomic E-state index is 0.0358. The predicted octanol–water partition coefficient (Wildman–Crippen LogP) is 2.62. The third-order valence-corrected chi connectivity index (χ3v) is 3.99. The Morgan fingerprint density at radius 1 is 1.24 bits per heavy atom. The molecule has 0 bridgehead atoms. The van der Waals surface area contributed by atoms with Crippen LogP contribution >= 0.6 is 11.6 Å². The van der Waals surface area contributed by atoms with Gasteiger partial charge in [-0.1, -0.05) is 23.7 Å². The van der Waals surface area contributed by atoms with E-state index in [1.54, 1.807) is 24.3 Å². The first-order chi connectivity index (χ1) is 12.0. The average Bonchev–Trinajstić information content (AvgIpc) is 3.01. The maximum absolute atomic E-state index is 13.4. The van der Waals surface area contributed by atoms with Crippen LogP contribution in [0, 0.1) is 5.82 Å². The first-order valence-corrected chi connectivity index (χ1v) is 7.54. The summed E-state index contributed by atoms with van der Waals surface area (Å²) in [5.74, 6) is -1.14. The van der Waals surface area contributed by atoms with Crippen LogP contribution in [0.4, 0.5) is 10.1 Å². The second-order valence-corrected chi connectivity index (χ2v) is 5.64. The Labute approximate surface area is 144 Å². The van der Waals surface area contributed by atoms with Gasteiger partial charge in [-0.2, -0.15) is 4.98 Å². The van der Waals surface area contributed by atoms with Crippen LogP contribution in [0.2, 0.25) is 5.02 Å². The number of rotatable bonds is 2. The van der Waals surface area contributed by atoms with E-state index in [0.717, 1.165) is 6.07 Å². The molecule has 0 unspecified atom stereocenters. The van der Waals surface area contributed by atoms with Crippen molar-refractivity contribution in [3.63, 3.8) is 0 Å². The fourth-order valence-corrected chi connectivity index (χ4v) is 2.68.